The van der Waals surface area contributed by atoms with Crippen molar-refractivity contribution in [2.45, 2.75) is 0 Å². The van der Waals surface area contributed by atoms with E-state index in [1.165, 1.54) is 12.1 Å². The minimum Gasteiger partial charge on any atom is -0.398 e. The van der Waals surface area contributed by atoms with Crippen LogP contribution in [0.4, 0.5) is 10.1 Å². The second-order valence-electron chi connectivity index (χ2n) is 3.56. The van der Waals surface area contributed by atoms with Gasteiger partial charge in [0.25, 0.3) is 0 Å². The molecule has 5 nitrogen and oxygen atoms in total. The topological polar surface area (TPSA) is 69.1 Å². The second-order valence-corrected chi connectivity index (χ2v) is 3.56. The number of nitrogens with zero attached hydrogens (tertiary/aromatic N) is 4. The summed E-state index contributed by atoms with van der Waals surface area (Å²) in [5.74, 6) is 0.196. The van der Waals surface area contributed by atoms with Crippen molar-refractivity contribution < 1.29 is 4.39 Å². The van der Waals surface area contributed by atoms with E-state index in [9.17, 15) is 4.39 Å². The van der Waals surface area contributed by atoms with E-state index in [1.54, 1.807) is 29.1 Å². The Kier molecular flexibility index (Phi) is 2.01. The van der Waals surface area contributed by atoms with Gasteiger partial charge in [-0.05, 0) is 18.2 Å². The van der Waals surface area contributed by atoms with Gasteiger partial charge in [-0.2, -0.15) is 0 Å². The molecule has 0 spiro atoms. The Morgan fingerprint density at radius 3 is 2.94 bits per heavy atom. The zero-order valence-electron chi connectivity index (χ0n) is 8.71. The van der Waals surface area contributed by atoms with E-state index in [0.29, 0.717) is 22.7 Å². The SMILES string of the molecule is Nc1cc(F)ccc1-c1nnc2cnccn12. The van der Waals surface area contributed by atoms with E-state index >= 15 is 0 Å². The van der Waals surface area contributed by atoms with Crippen LogP contribution >= 0.6 is 0 Å². The highest BCUT2D eigenvalue weighted by molar-refractivity contribution is 5.72. The maximum Gasteiger partial charge on any atom is 0.179 e. The van der Waals surface area contributed by atoms with Gasteiger partial charge < -0.3 is 5.73 Å². The fourth-order valence-corrected chi connectivity index (χ4v) is 1.67. The van der Waals surface area contributed by atoms with Crippen LogP contribution in [0.15, 0.2) is 36.8 Å². The summed E-state index contributed by atoms with van der Waals surface area (Å²) < 4.78 is 14.7. The van der Waals surface area contributed by atoms with Gasteiger partial charge in [-0.1, -0.05) is 0 Å². The van der Waals surface area contributed by atoms with Gasteiger partial charge >= 0.3 is 0 Å². The molecule has 3 aromatic rings. The zero-order chi connectivity index (χ0) is 11.8. The summed E-state index contributed by atoms with van der Waals surface area (Å²) in [5, 5.41) is 7.99. The average molecular weight is 229 g/mol. The van der Waals surface area contributed by atoms with Crippen LogP contribution < -0.4 is 5.73 Å². The fraction of sp³-hybridized carbons (Fsp3) is 0. The minimum absolute atomic E-state index is 0.330. The lowest BCUT2D eigenvalue weighted by Gasteiger charge is -2.03. The van der Waals surface area contributed by atoms with Crippen LogP contribution in [0, 0.1) is 5.82 Å². The Bertz CT molecular complexity index is 691. The molecular formula is C11H8FN5. The van der Waals surface area contributed by atoms with Crippen molar-refractivity contribution in [2.24, 2.45) is 0 Å². The number of nitrogen functional groups attached to an aromatic ring is 1. The van der Waals surface area contributed by atoms with Crippen molar-refractivity contribution >= 4 is 11.3 Å². The number of fused-ring (bicyclic) bond motifs is 1. The van der Waals surface area contributed by atoms with Crippen LogP contribution in [0.2, 0.25) is 0 Å². The summed E-state index contributed by atoms with van der Waals surface area (Å²) in [6.45, 7) is 0. The first kappa shape index (κ1) is 9.71. The van der Waals surface area contributed by atoms with Gasteiger partial charge in [0.2, 0.25) is 0 Å². The lowest BCUT2D eigenvalue weighted by molar-refractivity contribution is 0.628. The van der Waals surface area contributed by atoms with Gasteiger partial charge in [-0.3, -0.25) is 9.38 Å². The van der Waals surface area contributed by atoms with Gasteiger partial charge in [0, 0.05) is 23.6 Å². The normalized spacial score (nSPS) is 10.9. The highest BCUT2D eigenvalue weighted by atomic mass is 19.1. The molecule has 3 rings (SSSR count). The van der Waals surface area contributed by atoms with E-state index in [-0.39, 0.29) is 5.82 Å². The average Bonchev–Trinajstić information content (AvgIpc) is 2.73. The summed E-state index contributed by atoms with van der Waals surface area (Å²) in [6, 6.07) is 4.19. The lowest BCUT2D eigenvalue weighted by Crippen LogP contribution is -1.95. The van der Waals surface area contributed by atoms with Crippen molar-refractivity contribution in [2.75, 3.05) is 5.73 Å². The molecule has 0 saturated carbocycles. The molecule has 0 bridgehead atoms. The molecule has 2 aromatic heterocycles. The van der Waals surface area contributed by atoms with Crippen LogP contribution in [0.1, 0.15) is 0 Å². The Hall–Kier alpha value is -2.50. The van der Waals surface area contributed by atoms with E-state index in [2.05, 4.69) is 15.2 Å². The molecule has 0 aliphatic carbocycles. The van der Waals surface area contributed by atoms with Gasteiger partial charge in [0.15, 0.2) is 11.5 Å². The molecule has 0 unspecified atom stereocenters. The molecule has 0 fully saturated rings. The van der Waals surface area contributed by atoms with Crippen molar-refractivity contribution in [1.29, 1.82) is 0 Å². The maximum absolute atomic E-state index is 13.0. The van der Waals surface area contributed by atoms with Crippen molar-refractivity contribution in [3.63, 3.8) is 0 Å². The summed E-state index contributed by atoms with van der Waals surface area (Å²) >= 11 is 0. The summed E-state index contributed by atoms with van der Waals surface area (Å²) in [6.07, 6.45) is 4.95. The highest BCUT2D eigenvalue weighted by Gasteiger charge is 2.11. The molecule has 0 aliphatic rings. The molecule has 1 aromatic carbocycles. The number of aromatic nitrogens is 4. The number of nitrogens with two attached hydrogens (primary N) is 1. The third kappa shape index (κ3) is 1.50. The van der Waals surface area contributed by atoms with Crippen LogP contribution in [0.25, 0.3) is 17.0 Å². The predicted octanol–water partition coefficient (Wildman–Crippen LogP) is 1.51. The smallest absolute Gasteiger partial charge is 0.179 e. The number of halogens is 1. The van der Waals surface area contributed by atoms with E-state index in [4.69, 9.17) is 5.73 Å². The Labute approximate surface area is 95.7 Å². The standard InChI is InChI=1S/C11H8FN5/c12-7-1-2-8(9(13)5-7)11-16-15-10-6-14-3-4-17(10)11/h1-6H,13H2. The van der Waals surface area contributed by atoms with Crippen LogP contribution in [0.5, 0.6) is 0 Å². The van der Waals surface area contributed by atoms with Gasteiger partial charge in [0.1, 0.15) is 5.82 Å². The third-order valence-electron chi connectivity index (χ3n) is 2.47. The van der Waals surface area contributed by atoms with Gasteiger partial charge in [0.05, 0.1) is 6.20 Å². The minimum atomic E-state index is -0.373. The summed E-state index contributed by atoms with van der Waals surface area (Å²) in [5.41, 5.74) is 7.36. The third-order valence-corrected chi connectivity index (χ3v) is 2.47. The van der Waals surface area contributed by atoms with Crippen molar-refractivity contribution in [1.82, 2.24) is 19.6 Å². The van der Waals surface area contributed by atoms with E-state index in [1.807, 2.05) is 0 Å². The predicted molar refractivity (Wildman–Crippen MR) is 60.6 cm³/mol. The van der Waals surface area contributed by atoms with E-state index < -0.39 is 0 Å². The molecule has 2 heterocycles. The molecule has 2 N–H and O–H groups in total. The monoisotopic (exact) mass is 229 g/mol. The van der Waals surface area contributed by atoms with Crippen LogP contribution in [0.3, 0.4) is 0 Å². The molecular weight excluding hydrogens is 221 g/mol. The molecule has 6 heteroatoms. The van der Waals surface area contributed by atoms with Crippen LogP contribution in [-0.2, 0) is 0 Å². The number of anilines is 1. The largest absolute Gasteiger partial charge is 0.398 e. The Balaban J connectivity index is 2.27. The molecule has 0 aliphatic heterocycles. The first-order chi connectivity index (χ1) is 8.25. The quantitative estimate of drug-likeness (QED) is 0.642. The van der Waals surface area contributed by atoms with Gasteiger partial charge in [-0.25, -0.2) is 4.39 Å². The number of hydrogen-bond donors (Lipinski definition) is 1. The lowest BCUT2D eigenvalue weighted by atomic mass is 10.1. The second kappa shape index (κ2) is 3.51. The first-order valence-electron chi connectivity index (χ1n) is 4.96. The molecule has 0 amide bonds. The summed E-state index contributed by atoms with van der Waals surface area (Å²) in [4.78, 5) is 3.94. The maximum atomic E-state index is 13.0. The van der Waals surface area contributed by atoms with E-state index in [0.717, 1.165) is 0 Å². The van der Waals surface area contributed by atoms with Crippen LogP contribution in [-0.4, -0.2) is 19.6 Å². The zero-order valence-corrected chi connectivity index (χ0v) is 8.71. The number of rotatable bonds is 1. The van der Waals surface area contributed by atoms with Gasteiger partial charge in [-0.15, -0.1) is 10.2 Å². The Morgan fingerprint density at radius 2 is 2.12 bits per heavy atom. The number of benzene rings is 1. The molecule has 0 radical (unpaired) electrons. The molecule has 17 heavy (non-hydrogen) atoms. The molecule has 84 valence electrons. The Morgan fingerprint density at radius 1 is 1.24 bits per heavy atom. The van der Waals surface area contributed by atoms with Crippen molar-refractivity contribution in [3.05, 3.63) is 42.6 Å². The fourth-order valence-electron chi connectivity index (χ4n) is 1.67. The number of hydrogen-bond acceptors (Lipinski definition) is 4. The highest BCUT2D eigenvalue weighted by Crippen LogP contribution is 2.24. The van der Waals surface area contributed by atoms with Crippen molar-refractivity contribution in [3.8, 4) is 11.4 Å². The molecule has 0 saturated heterocycles. The summed E-state index contributed by atoms with van der Waals surface area (Å²) in [7, 11) is 0. The molecule has 0 atom stereocenters. The first-order valence-corrected chi connectivity index (χ1v) is 4.96.